The van der Waals surface area contributed by atoms with E-state index in [0.717, 1.165) is 12.8 Å². The third-order valence-corrected chi connectivity index (χ3v) is 2.29. The predicted octanol–water partition coefficient (Wildman–Crippen LogP) is 3.44. The first-order chi connectivity index (χ1) is 6.84. The van der Waals surface area contributed by atoms with Crippen LogP contribution in [0.4, 0.5) is 0 Å². The summed E-state index contributed by atoms with van der Waals surface area (Å²) < 4.78 is 0. The maximum atomic E-state index is 7.56. The van der Waals surface area contributed by atoms with Gasteiger partial charge in [-0.25, -0.2) is 0 Å². The van der Waals surface area contributed by atoms with Crippen LogP contribution in [0, 0.1) is 5.41 Å². The number of hydrogen-bond acceptors (Lipinski definition) is 1. The summed E-state index contributed by atoms with van der Waals surface area (Å²) in [6, 6.07) is 10.3. The first-order valence-corrected chi connectivity index (χ1v) is 4.83. The van der Waals surface area contributed by atoms with E-state index in [4.69, 9.17) is 5.41 Å². The molecule has 0 fully saturated rings. The summed E-state index contributed by atoms with van der Waals surface area (Å²) in [4.78, 5) is 0. The lowest BCUT2D eigenvalue weighted by atomic mass is 9.97. The molecule has 1 heteroatoms. The zero-order valence-electron chi connectivity index (χ0n) is 8.03. The van der Waals surface area contributed by atoms with Crippen LogP contribution in [0.1, 0.15) is 18.4 Å². The zero-order chi connectivity index (χ0) is 9.80. The Morgan fingerprint density at radius 3 is 2.64 bits per heavy atom. The average molecular weight is 183 g/mol. The van der Waals surface area contributed by atoms with E-state index in [1.807, 2.05) is 24.3 Å². The van der Waals surface area contributed by atoms with Gasteiger partial charge in [-0.2, -0.15) is 0 Å². The molecular weight excluding hydrogens is 170 g/mol. The number of benzene rings is 1. The summed E-state index contributed by atoms with van der Waals surface area (Å²) >= 11 is 0. The third kappa shape index (κ3) is 2.19. The molecule has 1 aromatic rings. The minimum atomic E-state index is 0.707. The molecule has 1 aromatic carbocycles. The van der Waals surface area contributed by atoms with Crippen molar-refractivity contribution in [2.45, 2.75) is 12.8 Å². The van der Waals surface area contributed by atoms with Crippen LogP contribution in [0.5, 0.6) is 0 Å². The van der Waals surface area contributed by atoms with E-state index >= 15 is 0 Å². The summed E-state index contributed by atoms with van der Waals surface area (Å²) in [5.74, 6) is 0. The van der Waals surface area contributed by atoms with Crippen LogP contribution in [-0.4, -0.2) is 5.71 Å². The standard InChI is InChI=1S/C13H13N/c14-13-8-4-7-12(10-13)9-11-5-2-1-3-6-11/h1-6,8-9,14H,7,10H2. The van der Waals surface area contributed by atoms with Crippen molar-refractivity contribution in [3.63, 3.8) is 0 Å². The van der Waals surface area contributed by atoms with Crippen LogP contribution in [-0.2, 0) is 0 Å². The van der Waals surface area contributed by atoms with E-state index in [1.54, 1.807) is 0 Å². The van der Waals surface area contributed by atoms with Crippen LogP contribution >= 0.6 is 0 Å². The van der Waals surface area contributed by atoms with E-state index in [0.29, 0.717) is 5.71 Å². The zero-order valence-corrected chi connectivity index (χ0v) is 8.03. The Kier molecular flexibility index (Phi) is 2.59. The molecule has 0 unspecified atom stereocenters. The van der Waals surface area contributed by atoms with Gasteiger partial charge in [0.25, 0.3) is 0 Å². The molecule has 0 bridgehead atoms. The van der Waals surface area contributed by atoms with E-state index < -0.39 is 0 Å². The summed E-state index contributed by atoms with van der Waals surface area (Å²) in [5, 5.41) is 7.56. The number of rotatable bonds is 1. The van der Waals surface area contributed by atoms with Gasteiger partial charge < -0.3 is 5.41 Å². The van der Waals surface area contributed by atoms with E-state index in [-0.39, 0.29) is 0 Å². The van der Waals surface area contributed by atoms with Crippen molar-refractivity contribution >= 4 is 11.8 Å². The fourth-order valence-corrected chi connectivity index (χ4v) is 1.62. The molecule has 0 spiro atoms. The Labute approximate surface area is 84.3 Å². The Balaban J connectivity index is 2.20. The molecule has 1 N–H and O–H groups in total. The number of hydrogen-bond donors (Lipinski definition) is 1. The normalized spacial score (nSPS) is 18.9. The maximum Gasteiger partial charge on any atom is 0.0351 e. The molecule has 0 saturated heterocycles. The fraction of sp³-hybridized carbons (Fsp3) is 0.154. The number of allylic oxidation sites excluding steroid dienone is 3. The molecule has 0 atom stereocenters. The van der Waals surface area contributed by atoms with Gasteiger partial charge in [0.2, 0.25) is 0 Å². The summed E-state index contributed by atoms with van der Waals surface area (Å²) in [7, 11) is 0. The van der Waals surface area contributed by atoms with Gasteiger partial charge in [-0.1, -0.05) is 48.1 Å². The quantitative estimate of drug-likeness (QED) is 0.689. The molecule has 2 rings (SSSR count). The molecule has 1 nitrogen and oxygen atoms in total. The van der Waals surface area contributed by atoms with Crippen molar-refractivity contribution in [1.29, 1.82) is 5.41 Å². The molecule has 1 aliphatic carbocycles. The third-order valence-electron chi connectivity index (χ3n) is 2.29. The molecule has 0 heterocycles. The van der Waals surface area contributed by atoms with E-state index in [2.05, 4.69) is 24.3 Å². The van der Waals surface area contributed by atoms with Crippen molar-refractivity contribution in [3.05, 3.63) is 53.6 Å². The summed E-state index contributed by atoms with van der Waals surface area (Å²) in [6.07, 6.45) is 7.91. The van der Waals surface area contributed by atoms with Crippen molar-refractivity contribution in [3.8, 4) is 0 Å². The molecule has 0 aliphatic heterocycles. The smallest absolute Gasteiger partial charge is 0.0351 e. The van der Waals surface area contributed by atoms with Gasteiger partial charge in [0.15, 0.2) is 0 Å². The Morgan fingerprint density at radius 2 is 1.93 bits per heavy atom. The Morgan fingerprint density at radius 1 is 1.14 bits per heavy atom. The minimum absolute atomic E-state index is 0.707. The van der Waals surface area contributed by atoms with Gasteiger partial charge >= 0.3 is 0 Å². The average Bonchev–Trinajstić information content (AvgIpc) is 2.19. The lowest BCUT2D eigenvalue weighted by Crippen LogP contribution is -1.99. The largest absolute Gasteiger partial charge is 0.305 e. The van der Waals surface area contributed by atoms with Crippen molar-refractivity contribution in [2.75, 3.05) is 0 Å². The van der Waals surface area contributed by atoms with Gasteiger partial charge in [0, 0.05) is 12.1 Å². The Hall–Kier alpha value is -1.63. The lowest BCUT2D eigenvalue weighted by molar-refractivity contribution is 1.12. The molecule has 0 aromatic heterocycles. The summed E-state index contributed by atoms with van der Waals surface area (Å²) in [5.41, 5.74) is 3.26. The van der Waals surface area contributed by atoms with Gasteiger partial charge in [0.05, 0.1) is 0 Å². The van der Waals surface area contributed by atoms with Crippen LogP contribution < -0.4 is 0 Å². The van der Waals surface area contributed by atoms with Gasteiger partial charge in [-0.05, 0) is 18.1 Å². The van der Waals surface area contributed by atoms with Gasteiger partial charge in [0.1, 0.15) is 0 Å². The van der Waals surface area contributed by atoms with Crippen molar-refractivity contribution in [1.82, 2.24) is 0 Å². The SMILES string of the molecule is N=C1C=CCC(=Cc2ccccc2)C1. The Bertz CT molecular complexity index is 385. The highest BCUT2D eigenvalue weighted by Crippen LogP contribution is 2.18. The van der Waals surface area contributed by atoms with Crippen LogP contribution in [0.15, 0.2) is 48.1 Å². The van der Waals surface area contributed by atoms with Gasteiger partial charge in [-0.15, -0.1) is 0 Å². The van der Waals surface area contributed by atoms with Crippen molar-refractivity contribution in [2.24, 2.45) is 0 Å². The fourth-order valence-electron chi connectivity index (χ4n) is 1.62. The first kappa shape index (κ1) is 8.95. The maximum absolute atomic E-state index is 7.56. The molecular formula is C13H13N. The molecule has 0 amide bonds. The lowest BCUT2D eigenvalue weighted by Gasteiger charge is -2.09. The molecule has 1 aliphatic rings. The first-order valence-electron chi connectivity index (χ1n) is 4.83. The highest BCUT2D eigenvalue weighted by Gasteiger charge is 2.03. The highest BCUT2D eigenvalue weighted by molar-refractivity contribution is 5.95. The monoisotopic (exact) mass is 183 g/mol. The molecule has 70 valence electrons. The van der Waals surface area contributed by atoms with E-state index in [1.165, 1.54) is 11.1 Å². The minimum Gasteiger partial charge on any atom is -0.305 e. The topological polar surface area (TPSA) is 23.9 Å². The number of nitrogens with one attached hydrogen (secondary N) is 1. The van der Waals surface area contributed by atoms with Gasteiger partial charge in [-0.3, -0.25) is 0 Å². The molecule has 14 heavy (non-hydrogen) atoms. The molecule has 0 radical (unpaired) electrons. The highest BCUT2D eigenvalue weighted by atomic mass is 14.4. The van der Waals surface area contributed by atoms with Crippen LogP contribution in [0.2, 0.25) is 0 Å². The van der Waals surface area contributed by atoms with E-state index in [9.17, 15) is 0 Å². The van der Waals surface area contributed by atoms with Crippen molar-refractivity contribution < 1.29 is 0 Å². The second-order valence-electron chi connectivity index (χ2n) is 3.52. The molecule has 0 saturated carbocycles. The second kappa shape index (κ2) is 4.05. The van der Waals surface area contributed by atoms with Crippen LogP contribution in [0.25, 0.3) is 6.08 Å². The predicted molar refractivity (Wildman–Crippen MR) is 60.5 cm³/mol. The summed E-state index contributed by atoms with van der Waals surface area (Å²) in [6.45, 7) is 0. The second-order valence-corrected chi connectivity index (χ2v) is 3.52. The van der Waals surface area contributed by atoms with Crippen LogP contribution in [0.3, 0.4) is 0 Å².